The minimum atomic E-state index is -3.07. The van der Waals surface area contributed by atoms with E-state index in [4.69, 9.17) is 14.0 Å². The standard InChI is InChI=1S/C23H34N4O6S/c1-22(2,3)32-21(28)25-23(4,5)20-24-19(33-26-20)14-27(17-11-12-34(29,30)15-17)13-16-7-9-18(31-6)10-8-16/h7-10,17H,11-15H2,1-6H3,(H,25,28). The Bertz CT molecular complexity index is 1090. The minimum absolute atomic E-state index is 0.0931. The van der Waals surface area contributed by atoms with Crippen molar-refractivity contribution in [1.29, 1.82) is 0 Å². The molecule has 1 saturated heterocycles. The van der Waals surface area contributed by atoms with Crippen LogP contribution < -0.4 is 10.1 Å². The summed E-state index contributed by atoms with van der Waals surface area (Å²) in [6, 6.07) is 7.48. The van der Waals surface area contributed by atoms with Crippen molar-refractivity contribution in [3.8, 4) is 5.75 Å². The van der Waals surface area contributed by atoms with E-state index in [-0.39, 0.29) is 24.1 Å². The number of hydrogen-bond donors (Lipinski definition) is 1. The van der Waals surface area contributed by atoms with Crippen molar-refractivity contribution in [2.24, 2.45) is 0 Å². The summed E-state index contributed by atoms with van der Waals surface area (Å²) in [5.74, 6) is 1.65. The smallest absolute Gasteiger partial charge is 0.408 e. The highest BCUT2D eigenvalue weighted by Gasteiger charge is 2.35. The van der Waals surface area contributed by atoms with E-state index in [1.165, 1.54) is 0 Å². The first-order valence-electron chi connectivity index (χ1n) is 11.2. The Hall–Kier alpha value is -2.66. The molecular formula is C23H34N4O6S. The summed E-state index contributed by atoms with van der Waals surface area (Å²) < 4.78 is 40.3. The normalized spacial score (nSPS) is 18.1. The molecule has 0 aliphatic carbocycles. The van der Waals surface area contributed by atoms with Crippen LogP contribution in [0.5, 0.6) is 5.75 Å². The van der Waals surface area contributed by atoms with Crippen LogP contribution in [0, 0.1) is 0 Å². The second kappa shape index (κ2) is 9.91. The molecule has 3 rings (SSSR count). The van der Waals surface area contributed by atoms with Gasteiger partial charge in [-0.05, 0) is 58.7 Å². The third-order valence-electron chi connectivity index (χ3n) is 5.45. The van der Waals surface area contributed by atoms with E-state index in [0.717, 1.165) is 11.3 Å². The molecule has 188 valence electrons. The molecule has 1 aromatic carbocycles. The lowest BCUT2D eigenvalue weighted by atomic mass is 10.1. The third-order valence-corrected chi connectivity index (χ3v) is 7.20. The van der Waals surface area contributed by atoms with Gasteiger partial charge < -0.3 is 19.3 Å². The molecule has 1 aliphatic rings. The van der Waals surface area contributed by atoms with Crippen molar-refractivity contribution in [3.63, 3.8) is 0 Å². The molecule has 1 atom stereocenters. The highest BCUT2D eigenvalue weighted by Crippen LogP contribution is 2.24. The van der Waals surface area contributed by atoms with Crippen LogP contribution in [0.15, 0.2) is 28.8 Å². The fraction of sp³-hybridized carbons (Fsp3) is 0.609. The SMILES string of the molecule is COc1ccc(CN(Cc2nc(C(C)(C)NC(=O)OC(C)(C)C)no2)C2CCS(=O)(=O)C2)cc1. The van der Waals surface area contributed by atoms with Crippen LogP contribution in [0.1, 0.15) is 58.3 Å². The van der Waals surface area contributed by atoms with Gasteiger partial charge in [0.05, 0.1) is 25.2 Å². The zero-order valence-electron chi connectivity index (χ0n) is 20.6. The number of nitrogens with zero attached hydrogens (tertiary/aromatic N) is 3. The first kappa shape index (κ1) is 26.0. The Labute approximate surface area is 200 Å². The molecule has 0 radical (unpaired) electrons. The number of sulfone groups is 1. The van der Waals surface area contributed by atoms with E-state index in [2.05, 4.69) is 15.5 Å². The van der Waals surface area contributed by atoms with E-state index in [1.54, 1.807) is 41.7 Å². The van der Waals surface area contributed by atoms with Crippen LogP contribution in [0.4, 0.5) is 4.79 Å². The minimum Gasteiger partial charge on any atom is -0.497 e. The Morgan fingerprint density at radius 3 is 2.41 bits per heavy atom. The van der Waals surface area contributed by atoms with Crippen LogP contribution in [-0.2, 0) is 33.2 Å². The van der Waals surface area contributed by atoms with Gasteiger partial charge in [0, 0.05) is 12.6 Å². The second-order valence-corrected chi connectivity index (χ2v) is 12.3. The highest BCUT2D eigenvalue weighted by atomic mass is 32.2. The predicted molar refractivity (Wildman–Crippen MR) is 126 cm³/mol. The van der Waals surface area contributed by atoms with Gasteiger partial charge in [0.2, 0.25) is 5.89 Å². The van der Waals surface area contributed by atoms with Gasteiger partial charge in [-0.1, -0.05) is 17.3 Å². The van der Waals surface area contributed by atoms with Crippen LogP contribution in [0.3, 0.4) is 0 Å². The van der Waals surface area contributed by atoms with E-state index in [1.807, 2.05) is 29.2 Å². The van der Waals surface area contributed by atoms with Gasteiger partial charge >= 0.3 is 6.09 Å². The molecule has 2 heterocycles. The molecule has 0 saturated carbocycles. The third kappa shape index (κ3) is 7.17. The van der Waals surface area contributed by atoms with Crippen molar-refractivity contribution in [1.82, 2.24) is 20.4 Å². The number of rotatable bonds is 8. The predicted octanol–water partition coefficient (Wildman–Crippen LogP) is 3.03. The van der Waals surface area contributed by atoms with Crippen LogP contribution in [0.25, 0.3) is 0 Å². The van der Waals surface area contributed by atoms with Crippen molar-refractivity contribution >= 4 is 15.9 Å². The number of amides is 1. The highest BCUT2D eigenvalue weighted by molar-refractivity contribution is 7.91. The zero-order chi connectivity index (χ0) is 25.1. The second-order valence-electron chi connectivity index (χ2n) is 10.1. The monoisotopic (exact) mass is 494 g/mol. The molecule has 11 heteroatoms. The Morgan fingerprint density at radius 2 is 1.85 bits per heavy atom. The topological polar surface area (TPSA) is 124 Å². The van der Waals surface area contributed by atoms with E-state index >= 15 is 0 Å². The molecule has 34 heavy (non-hydrogen) atoms. The maximum atomic E-state index is 12.2. The molecule has 1 aromatic heterocycles. The van der Waals surface area contributed by atoms with Crippen LogP contribution in [-0.4, -0.2) is 59.8 Å². The van der Waals surface area contributed by atoms with E-state index in [9.17, 15) is 13.2 Å². The lowest BCUT2D eigenvalue weighted by molar-refractivity contribution is 0.0465. The quantitative estimate of drug-likeness (QED) is 0.589. The van der Waals surface area contributed by atoms with Crippen molar-refractivity contribution < 1.29 is 27.2 Å². The molecule has 1 fully saturated rings. The van der Waals surface area contributed by atoms with Gasteiger partial charge in [0.25, 0.3) is 0 Å². The van der Waals surface area contributed by atoms with Crippen LogP contribution in [0.2, 0.25) is 0 Å². The largest absolute Gasteiger partial charge is 0.497 e. The maximum Gasteiger partial charge on any atom is 0.408 e. The van der Waals surface area contributed by atoms with Gasteiger partial charge in [0.15, 0.2) is 15.7 Å². The number of alkyl carbamates (subject to hydrolysis) is 1. The summed E-state index contributed by atoms with van der Waals surface area (Å²) in [4.78, 5) is 18.8. The average molecular weight is 495 g/mol. The van der Waals surface area contributed by atoms with Crippen molar-refractivity contribution in [2.75, 3.05) is 18.6 Å². The zero-order valence-corrected chi connectivity index (χ0v) is 21.4. The Kier molecular flexibility index (Phi) is 7.56. The number of hydrogen-bond acceptors (Lipinski definition) is 9. The van der Waals surface area contributed by atoms with E-state index < -0.39 is 27.1 Å². The molecule has 1 unspecified atom stereocenters. The lowest BCUT2D eigenvalue weighted by Crippen LogP contribution is -2.44. The first-order chi connectivity index (χ1) is 15.8. The summed E-state index contributed by atoms with van der Waals surface area (Å²) >= 11 is 0. The van der Waals surface area contributed by atoms with Gasteiger partial charge in [0.1, 0.15) is 16.9 Å². The summed E-state index contributed by atoms with van der Waals surface area (Å²) in [6.07, 6.45) is -0.0355. The summed E-state index contributed by atoms with van der Waals surface area (Å²) in [6.45, 7) is 9.66. The van der Waals surface area contributed by atoms with Gasteiger partial charge in [-0.15, -0.1) is 0 Å². The Balaban J connectivity index is 1.75. The fourth-order valence-electron chi connectivity index (χ4n) is 3.70. The molecule has 0 bridgehead atoms. The fourth-order valence-corrected chi connectivity index (χ4v) is 5.47. The van der Waals surface area contributed by atoms with Crippen LogP contribution >= 0.6 is 0 Å². The maximum absolute atomic E-state index is 12.2. The Morgan fingerprint density at radius 1 is 1.18 bits per heavy atom. The summed E-state index contributed by atoms with van der Waals surface area (Å²) in [5.41, 5.74) is -0.551. The molecule has 1 N–H and O–H groups in total. The number of carbonyl (C=O) groups excluding carboxylic acids is 1. The molecular weight excluding hydrogens is 460 g/mol. The van der Waals surface area contributed by atoms with Crippen molar-refractivity contribution in [2.45, 2.75) is 71.3 Å². The van der Waals surface area contributed by atoms with Crippen molar-refractivity contribution in [3.05, 3.63) is 41.5 Å². The number of ether oxygens (including phenoxy) is 2. The number of methoxy groups -OCH3 is 1. The number of benzene rings is 1. The van der Waals surface area contributed by atoms with E-state index in [0.29, 0.717) is 24.7 Å². The summed E-state index contributed by atoms with van der Waals surface area (Å²) in [7, 11) is -1.46. The summed E-state index contributed by atoms with van der Waals surface area (Å²) in [5, 5.41) is 6.82. The number of aromatic nitrogens is 2. The molecule has 10 nitrogen and oxygen atoms in total. The average Bonchev–Trinajstić information content (AvgIpc) is 3.33. The number of carbonyl (C=O) groups is 1. The van der Waals surface area contributed by atoms with Gasteiger partial charge in [-0.3, -0.25) is 4.90 Å². The molecule has 0 spiro atoms. The van der Waals surface area contributed by atoms with Gasteiger partial charge in [-0.2, -0.15) is 4.98 Å². The molecule has 1 amide bonds. The number of nitrogens with one attached hydrogen (secondary N) is 1. The first-order valence-corrected chi connectivity index (χ1v) is 13.0. The molecule has 1 aliphatic heterocycles. The lowest BCUT2D eigenvalue weighted by Gasteiger charge is -2.27. The molecule has 2 aromatic rings. The van der Waals surface area contributed by atoms with Gasteiger partial charge in [-0.25, -0.2) is 13.2 Å².